The van der Waals surface area contributed by atoms with Gasteiger partial charge in [-0.05, 0) is 19.8 Å². The van der Waals surface area contributed by atoms with Gasteiger partial charge in [0.1, 0.15) is 0 Å². The van der Waals surface area contributed by atoms with E-state index in [1.807, 2.05) is 6.92 Å². The lowest BCUT2D eigenvalue weighted by Crippen LogP contribution is -2.44. The van der Waals surface area contributed by atoms with Crippen molar-refractivity contribution in [2.75, 3.05) is 32.2 Å². The molecule has 0 radical (unpaired) electrons. The Labute approximate surface area is 114 Å². The molecular weight excluding hydrogens is 270 g/mol. The number of rotatable bonds is 6. The summed E-state index contributed by atoms with van der Waals surface area (Å²) in [5, 5.41) is 0. The average molecular weight is 293 g/mol. The molecule has 0 aromatic carbocycles. The van der Waals surface area contributed by atoms with Crippen molar-refractivity contribution < 1.29 is 22.6 Å². The molecule has 19 heavy (non-hydrogen) atoms. The van der Waals surface area contributed by atoms with Gasteiger partial charge in [-0.2, -0.15) is 0 Å². The van der Waals surface area contributed by atoms with Gasteiger partial charge in [0.25, 0.3) is 0 Å². The van der Waals surface area contributed by atoms with Crippen LogP contribution in [0.1, 0.15) is 32.6 Å². The monoisotopic (exact) mass is 293 g/mol. The van der Waals surface area contributed by atoms with E-state index >= 15 is 0 Å². The molecule has 1 aliphatic heterocycles. The van der Waals surface area contributed by atoms with Crippen LogP contribution in [0.25, 0.3) is 0 Å². The molecule has 1 N–H and O–H groups in total. The van der Waals surface area contributed by atoms with Crippen LogP contribution in [0.3, 0.4) is 0 Å². The van der Waals surface area contributed by atoms with Crippen molar-refractivity contribution in [3.63, 3.8) is 0 Å². The van der Waals surface area contributed by atoms with Crippen molar-refractivity contribution in [1.29, 1.82) is 0 Å². The fourth-order valence-corrected chi connectivity index (χ4v) is 3.79. The molecule has 0 aromatic heterocycles. The highest BCUT2D eigenvalue weighted by atomic mass is 32.2. The predicted octanol–water partition coefficient (Wildman–Crippen LogP) is 0.628. The maximum Gasteiger partial charge on any atom is 0.214 e. The second-order valence-corrected chi connectivity index (χ2v) is 6.89. The topological polar surface area (TPSA) is 73.9 Å². The van der Waals surface area contributed by atoms with E-state index < -0.39 is 15.8 Å². The quantitative estimate of drug-likeness (QED) is 0.727. The Hall–Kier alpha value is -0.210. The predicted molar refractivity (Wildman–Crippen MR) is 70.3 cm³/mol. The fourth-order valence-electron chi connectivity index (χ4n) is 2.59. The summed E-state index contributed by atoms with van der Waals surface area (Å²) in [6.07, 6.45) is 3.03. The largest absolute Gasteiger partial charge is 0.381 e. The second-order valence-electron chi connectivity index (χ2n) is 5.02. The molecular formula is C12H23NO5S. The van der Waals surface area contributed by atoms with Crippen molar-refractivity contribution >= 4 is 10.0 Å². The number of hydrogen-bond donors (Lipinski definition) is 1. The standard InChI is InChI=1S/C12H23NO5S/c1-2-16-9-10-19(14,15)13-11-3-5-12(6-4-11)17-7-8-18-12/h11,13H,2-10H2,1H3. The van der Waals surface area contributed by atoms with Gasteiger partial charge in [-0.25, -0.2) is 13.1 Å². The van der Waals surface area contributed by atoms with E-state index in [-0.39, 0.29) is 18.4 Å². The van der Waals surface area contributed by atoms with Crippen LogP contribution in [-0.4, -0.2) is 52.4 Å². The van der Waals surface area contributed by atoms with E-state index in [1.165, 1.54) is 0 Å². The number of nitrogens with one attached hydrogen (secondary N) is 1. The first-order chi connectivity index (χ1) is 9.05. The Bertz CT molecular complexity index is 368. The van der Waals surface area contributed by atoms with Gasteiger partial charge in [-0.1, -0.05) is 0 Å². The fraction of sp³-hybridized carbons (Fsp3) is 1.00. The zero-order valence-corrected chi connectivity index (χ0v) is 12.2. The molecule has 2 rings (SSSR count). The van der Waals surface area contributed by atoms with Crippen LogP contribution < -0.4 is 4.72 Å². The van der Waals surface area contributed by atoms with Crippen LogP contribution in [0.4, 0.5) is 0 Å². The number of sulfonamides is 1. The van der Waals surface area contributed by atoms with Crippen molar-refractivity contribution in [2.24, 2.45) is 0 Å². The van der Waals surface area contributed by atoms with Crippen LogP contribution in [0.15, 0.2) is 0 Å². The summed E-state index contributed by atoms with van der Waals surface area (Å²) in [6, 6.07) is -0.00921. The van der Waals surface area contributed by atoms with E-state index in [1.54, 1.807) is 0 Å². The highest BCUT2D eigenvalue weighted by Gasteiger charge is 2.40. The summed E-state index contributed by atoms with van der Waals surface area (Å²) in [4.78, 5) is 0. The minimum atomic E-state index is -3.25. The third-order valence-corrected chi connectivity index (χ3v) is 5.00. The summed E-state index contributed by atoms with van der Waals surface area (Å²) in [5.74, 6) is -0.414. The summed E-state index contributed by atoms with van der Waals surface area (Å²) in [5.41, 5.74) is 0. The summed E-state index contributed by atoms with van der Waals surface area (Å²) in [7, 11) is -3.25. The zero-order valence-electron chi connectivity index (χ0n) is 11.4. The van der Waals surface area contributed by atoms with Crippen LogP contribution in [0.2, 0.25) is 0 Å². The molecule has 6 nitrogen and oxygen atoms in total. The first-order valence-corrected chi connectivity index (χ1v) is 8.56. The minimum absolute atomic E-state index is 0.00921. The van der Waals surface area contributed by atoms with Gasteiger partial charge in [0.2, 0.25) is 10.0 Å². The highest BCUT2D eigenvalue weighted by Crippen LogP contribution is 2.35. The lowest BCUT2D eigenvalue weighted by Gasteiger charge is -2.35. The molecule has 112 valence electrons. The summed E-state index contributed by atoms with van der Waals surface area (Å²) in [6.45, 7) is 3.92. The van der Waals surface area contributed by atoms with E-state index in [2.05, 4.69) is 4.72 Å². The third-order valence-electron chi connectivity index (χ3n) is 3.61. The van der Waals surface area contributed by atoms with Crippen LogP contribution in [0, 0.1) is 0 Å². The molecule has 0 unspecified atom stereocenters. The van der Waals surface area contributed by atoms with Crippen LogP contribution >= 0.6 is 0 Å². The molecule has 2 aliphatic rings. The molecule has 1 saturated heterocycles. The third kappa shape index (κ3) is 4.39. The van der Waals surface area contributed by atoms with Crippen molar-refractivity contribution in [3.8, 4) is 0 Å². The Balaban J connectivity index is 1.75. The SMILES string of the molecule is CCOCCS(=O)(=O)NC1CCC2(CC1)OCCO2. The van der Waals surface area contributed by atoms with Gasteiger partial charge in [-0.3, -0.25) is 0 Å². The molecule has 0 bridgehead atoms. The van der Waals surface area contributed by atoms with E-state index in [4.69, 9.17) is 14.2 Å². The van der Waals surface area contributed by atoms with E-state index in [0.717, 1.165) is 25.7 Å². The average Bonchev–Trinajstić information content (AvgIpc) is 2.81. The lowest BCUT2D eigenvalue weighted by atomic mass is 9.91. The normalized spacial score (nSPS) is 24.1. The van der Waals surface area contributed by atoms with Gasteiger partial charge in [0, 0.05) is 25.5 Å². The Morgan fingerprint density at radius 3 is 2.47 bits per heavy atom. The van der Waals surface area contributed by atoms with Gasteiger partial charge in [-0.15, -0.1) is 0 Å². The smallest absolute Gasteiger partial charge is 0.214 e. The summed E-state index contributed by atoms with van der Waals surface area (Å²) < 4.78 is 42.7. The zero-order chi connectivity index (χ0) is 13.8. The molecule has 7 heteroatoms. The number of hydrogen-bond acceptors (Lipinski definition) is 5. The van der Waals surface area contributed by atoms with E-state index in [9.17, 15) is 8.42 Å². The second kappa shape index (κ2) is 6.49. The van der Waals surface area contributed by atoms with Gasteiger partial charge >= 0.3 is 0 Å². The van der Waals surface area contributed by atoms with Gasteiger partial charge in [0.15, 0.2) is 5.79 Å². The van der Waals surface area contributed by atoms with E-state index in [0.29, 0.717) is 19.8 Å². The number of ether oxygens (including phenoxy) is 3. The molecule has 1 spiro atoms. The molecule has 2 fully saturated rings. The molecule has 0 atom stereocenters. The first-order valence-electron chi connectivity index (χ1n) is 6.91. The Morgan fingerprint density at radius 2 is 1.89 bits per heavy atom. The summed E-state index contributed by atoms with van der Waals surface area (Å²) >= 11 is 0. The molecule has 1 aliphatic carbocycles. The molecule has 0 amide bonds. The van der Waals surface area contributed by atoms with Gasteiger partial charge < -0.3 is 14.2 Å². The Morgan fingerprint density at radius 1 is 1.26 bits per heavy atom. The van der Waals surface area contributed by atoms with Crippen molar-refractivity contribution in [1.82, 2.24) is 4.72 Å². The van der Waals surface area contributed by atoms with Crippen molar-refractivity contribution in [3.05, 3.63) is 0 Å². The first kappa shape index (κ1) is 15.2. The lowest BCUT2D eigenvalue weighted by molar-refractivity contribution is -0.178. The van der Waals surface area contributed by atoms with Crippen molar-refractivity contribution in [2.45, 2.75) is 44.4 Å². The molecule has 1 saturated carbocycles. The van der Waals surface area contributed by atoms with Gasteiger partial charge in [0.05, 0.1) is 25.6 Å². The molecule has 0 aromatic rings. The molecule has 1 heterocycles. The Kier molecular flexibility index (Phi) is 5.19. The van der Waals surface area contributed by atoms with Crippen LogP contribution in [-0.2, 0) is 24.2 Å². The maximum absolute atomic E-state index is 11.8. The highest BCUT2D eigenvalue weighted by molar-refractivity contribution is 7.89. The van der Waals surface area contributed by atoms with Crippen LogP contribution in [0.5, 0.6) is 0 Å². The minimum Gasteiger partial charge on any atom is -0.381 e. The maximum atomic E-state index is 11.8.